The second kappa shape index (κ2) is 12.6. The number of ketones is 1. The summed E-state index contributed by atoms with van der Waals surface area (Å²) in [4.78, 5) is 28.7. The number of Topliss-reactive ketones (excluding diaryl/α,β-unsaturated/α-hetero) is 1. The lowest BCUT2D eigenvalue weighted by Gasteiger charge is -2.21. The Morgan fingerprint density at radius 2 is 1.72 bits per heavy atom. The summed E-state index contributed by atoms with van der Waals surface area (Å²) in [5.41, 5.74) is 2.20. The van der Waals surface area contributed by atoms with Crippen LogP contribution in [0, 0.1) is 12.8 Å². The minimum absolute atomic E-state index is 0.137. The summed E-state index contributed by atoms with van der Waals surface area (Å²) in [5.74, 6) is 1.40. The summed E-state index contributed by atoms with van der Waals surface area (Å²) < 4.78 is 12.7. The highest BCUT2D eigenvalue weighted by atomic mass is 16.5. The van der Waals surface area contributed by atoms with Gasteiger partial charge in [0.1, 0.15) is 5.69 Å². The highest BCUT2D eigenvalue weighted by molar-refractivity contribution is 5.96. The summed E-state index contributed by atoms with van der Waals surface area (Å²) in [5, 5.41) is 0. The van der Waals surface area contributed by atoms with Crippen molar-refractivity contribution in [2.24, 2.45) is 5.92 Å². The molecule has 0 aliphatic heterocycles. The predicted molar refractivity (Wildman–Crippen MR) is 125 cm³/mol. The molecule has 2 aromatic rings. The number of pyridine rings is 1. The van der Waals surface area contributed by atoms with Crippen LogP contribution in [0.25, 0.3) is 5.65 Å². The van der Waals surface area contributed by atoms with Crippen molar-refractivity contribution < 1.29 is 19.1 Å². The van der Waals surface area contributed by atoms with Gasteiger partial charge in [-0.25, -0.2) is 4.98 Å². The Morgan fingerprint density at radius 1 is 1.03 bits per heavy atom. The molecule has 1 aliphatic carbocycles. The first kappa shape index (κ1) is 24.3. The molecular weight excluding hydrogens is 404 g/mol. The van der Waals surface area contributed by atoms with Crippen LogP contribution in [0.3, 0.4) is 0 Å². The topological polar surface area (TPSA) is 69.9 Å². The maximum atomic E-state index is 12.9. The number of rotatable bonds is 13. The first-order valence-corrected chi connectivity index (χ1v) is 12.3. The number of carbonyl (C=O) groups excluding carboxylic acids is 2. The van der Waals surface area contributed by atoms with Crippen molar-refractivity contribution >= 4 is 17.4 Å². The normalized spacial score (nSPS) is 14.6. The largest absolute Gasteiger partial charge is 0.489 e. The van der Waals surface area contributed by atoms with E-state index in [4.69, 9.17) is 4.74 Å². The van der Waals surface area contributed by atoms with E-state index in [1.54, 1.807) is 0 Å². The van der Waals surface area contributed by atoms with Crippen LogP contribution in [0.5, 0.6) is 5.75 Å². The van der Waals surface area contributed by atoms with Gasteiger partial charge in [0.15, 0.2) is 17.2 Å². The van der Waals surface area contributed by atoms with Crippen LogP contribution in [-0.2, 0) is 9.53 Å². The molecule has 3 rings (SSSR count). The molecule has 0 bridgehead atoms. The van der Waals surface area contributed by atoms with E-state index >= 15 is 0 Å². The molecule has 176 valence electrons. The number of fused-ring (bicyclic) bond motifs is 1. The zero-order valence-electron chi connectivity index (χ0n) is 19.7. The molecule has 1 saturated carbocycles. The predicted octanol–water partition coefficient (Wildman–Crippen LogP) is 6.08. The number of unbranched alkanes of at least 4 members (excludes halogenated alkanes) is 5. The van der Waals surface area contributed by atoms with Gasteiger partial charge in [0.25, 0.3) is 0 Å². The third-order valence-corrected chi connectivity index (χ3v) is 6.51. The summed E-state index contributed by atoms with van der Waals surface area (Å²) in [6, 6.07) is 3.90. The van der Waals surface area contributed by atoms with Crippen LogP contribution in [0.1, 0.15) is 99.7 Å². The molecular formula is C26H38N2O4. The minimum Gasteiger partial charge on any atom is -0.489 e. The van der Waals surface area contributed by atoms with Crippen LogP contribution in [0.4, 0.5) is 0 Å². The maximum Gasteiger partial charge on any atom is 0.305 e. The number of esters is 1. The monoisotopic (exact) mass is 442 g/mol. The van der Waals surface area contributed by atoms with Gasteiger partial charge in [-0.3, -0.25) is 14.0 Å². The van der Waals surface area contributed by atoms with Gasteiger partial charge >= 0.3 is 5.97 Å². The molecule has 0 radical (unpaired) electrons. The number of hydrogen-bond donors (Lipinski definition) is 0. The zero-order chi connectivity index (χ0) is 22.8. The Morgan fingerprint density at radius 3 is 2.44 bits per heavy atom. The minimum atomic E-state index is -0.137. The molecule has 0 aromatic carbocycles. The van der Waals surface area contributed by atoms with E-state index < -0.39 is 0 Å². The van der Waals surface area contributed by atoms with Gasteiger partial charge in [-0.1, -0.05) is 44.9 Å². The van der Waals surface area contributed by atoms with Crippen LogP contribution in [-0.4, -0.2) is 34.9 Å². The summed E-state index contributed by atoms with van der Waals surface area (Å²) >= 11 is 0. The lowest BCUT2D eigenvalue weighted by molar-refractivity contribution is -0.140. The number of nitrogens with zero attached hydrogens (tertiary/aromatic N) is 2. The van der Waals surface area contributed by atoms with Crippen molar-refractivity contribution in [3.05, 3.63) is 29.7 Å². The highest BCUT2D eigenvalue weighted by Gasteiger charge is 2.20. The third kappa shape index (κ3) is 6.81. The van der Waals surface area contributed by atoms with Gasteiger partial charge in [-0.2, -0.15) is 0 Å². The van der Waals surface area contributed by atoms with E-state index in [9.17, 15) is 9.59 Å². The fourth-order valence-electron chi connectivity index (χ4n) is 4.65. The Kier molecular flexibility index (Phi) is 9.57. The second-order valence-electron chi connectivity index (χ2n) is 9.05. The fraction of sp³-hybridized carbons (Fsp3) is 0.654. The summed E-state index contributed by atoms with van der Waals surface area (Å²) in [7, 11) is 1.43. The van der Waals surface area contributed by atoms with Crippen LogP contribution in [0.2, 0.25) is 0 Å². The van der Waals surface area contributed by atoms with E-state index in [2.05, 4.69) is 9.72 Å². The maximum absolute atomic E-state index is 12.9. The smallest absolute Gasteiger partial charge is 0.305 e. The molecule has 1 aliphatic rings. The number of aryl methyl sites for hydroxylation is 1. The number of hydrogen-bond acceptors (Lipinski definition) is 5. The van der Waals surface area contributed by atoms with Crippen LogP contribution >= 0.6 is 0 Å². The molecule has 0 saturated heterocycles. The number of imidazole rings is 1. The molecule has 0 atom stereocenters. The number of methoxy groups -OCH3 is 1. The number of ether oxygens (including phenoxy) is 2. The summed E-state index contributed by atoms with van der Waals surface area (Å²) in [6.07, 6.45) is 15.3. The molecule has 2 heterocycles. The number of carbonyl (C=O) groups is 2. The third-order valence-electron chi connectivity index (χ3n) is 6.51. The average Bonchev–Trinajstić information content (AvgIpc) is 3.16. The quantitative estimate of drug-likeness (QED) is 0.214. The lowest BCUT2D eigenvalue weighted by Crippen LogP contribution is -2.15. The highest BCUT2D eigenvalue weighted by Crippen LogP contribution is 2.27. The molecule has 6 heteroatoms. The molecule has 32 heavy (non-hydrogen) atoms. The molecule has 0 amide bonds. The van der Waals surface area contributed by atoms with E-state index in [0.717, 1.165) is 62.2 Å². The molecule has 0 spiro atoms. The molecule has 0 N–H and O–H groups in total. The fourth-order valence-corrected chi connectivity index (χ4v) is 4.65. The van der Waals surface area contributed by atoms with Gasteiger partial charge in [-0.15, -0.1) is 0 Å². The first-order chi connectivity index (χ1) is 15.6. The van der Waals surface area contributed by atoms with Crippen molar-refractivity contribution in [1.82, 2.24) is 9.38 Å². The van der Waals surface area contributed by atoms with Crippen molar-refractivity contribution in [2.75, 3.05) is 13.7 Å². The van der Waals surface area contributed by atoms with Gasteiger partial charge in [0, 0.05) is 19.0 Å². The van der Waals surface area contributed by atoms with E-state index in [0.29, 0.717) is 24.5 Å². The second-order valence-corrected chi connectivity index (χ2v) is 9.05. The Labute approximate surface area is 191 Å². The zero-order valence-corrected chi connectivity index (χ0v) is 19.7. The van der Waals surface area contributed by atoms with Gasteiger partial charge in [-0.05, 0) is 50.7 Å². The van der Waals surface area contributed by atoms with Crippen molar-refractivity contribution in [1.29, 1.82) is 0 Å². The van der Waals surface area contributed by atoms with E-state index in [-0.39, 0.29) is 11.8 Å². The van der Waals surface area contributed by atoms with Crippen molar-refractivity contribution in [3.8, 4) is 5.75 Å². The molecule has 6 nitrogen and oxygen atoms in total. The Bertz CT molecular complexity index is 883. The van der Waals surface area contributed by atoms with Gasteiger partial charge in [0.2, 0.25) is 0 Å². The average molecular weight is 443 g/mol. The van der Waals surface area contributed by atoms with Crippen molar-refractivity contribution in [3.63, 3.8) is 0 Å². The Hall–Kier alpha value is -2.37. The Balaban J connectivity index is 1.48. The standard InChI is InChI=1S/C26H38N2O4/c1-20-25(22(29)15-10-5-3-4-6-11-17-24(30)31-2)28-18-12-16-23(26(28)27-20)32-19-21-13-8-7-9-14-21/h12,16,18,21H,3-11,13-15,17,19H2,1-2H3. The first-order valence-electron chi connectivity index (χ1n) is 12.3. The summed E-state index contributed by atoms with van der Waals surface area (Å²) in [6.45, 7) is 2.64. The molecule has 2 aromatic heterocycles. The van der Waals surface area contributed by atoms with Gasteiger partial charge < -0.3 is 9.47 Å². The van der Waals surface area contributed by atoms with E-state index in [1.165, 1.54) is 39.2 Å². The SMILES string of the molecule is COC(=O)CCCCCCCCC(=O)c1c(C)nc2c(OCC3CCCCC3)cccn12. The number of aromatic nitrogens is 2. The molecule has 1 fully saturated rings. The van der Waals surface area contributed by atoms with Gasteiger partial charge in [0.05, 0.1) is 19.4 Å². The van der Waals surface area contributed by atoms with Crippen LogP contribution < -0.4 is 4.74 Å². The lowest BCUT2D eigenvalue weighted by atomic mass is 9.90. The van der Waals surface area contributed by atoms with E-state index in [1.807, 2.05) is 29.7 Å². The molecule has 0 unspecified atom stereocenters. The van der Waals surface area contributed by atoms with Crippen molar-refractivity contribution in [2.45, 2.75) is 90.4 Å². The van der Waals surface area contributed by atoms with Crippen LogP contribution in [0.15, 0.2) is 18.3 Å².